The number of benzene rings is 6. The van der Waals surface area contributed by atoms with E-state index < -0.39 is 0 Å². The topological polar surface area (TPSA) is 77.8 Å². The van der Waals surface area contributed by atoms with Gasteiger partial charge in [-0.25, -0.2) is 15.0 Å². The lowest BCUT2D eigenvalue weighted by Gasteiger charge is -2.11. The molecule has 4 heterocycles. The van der Waals surface area contributed by atoms with E-state index in [1.54, 1.807) is 0 Å². The predicted molar refractivity (Wildman–Crippen MR) is 191 cm³/mol. The Morgan fingerprint density at radius 1 is 0.396 bits per heavy atom. The van der Waals surface area contributed by atoms with Gasteiger partial charge < -0.3 is 8.83 Å². The highest BCUT2D eigenvalue weighted by molar-refractivity contribution is 6.15. The van der Waals surface area contributed by atoms with Crippen LogP contribution >= 0.6 is 0 Å². The molecular weight excluding hydrogens is 592 g/mol. The van der Waals surface area contributed by atoms with Gasteiger partial charge in [-0.3, -0.25) is 4.98 Å². The zero-order valence-corrected chi connectivity index (χ0v) is 25.5. The van der Waals surface area contributed by atoms with Gasteiger partial charge in [-0.15, -0.1) is 0 Å². The van der Waals surface area contributed by atoms with Crippen LogP contribution in [0.4, 0.5) is 0 Å². The molecule has 224 valence electrons. The number of hydrogen-bond donors (Lipinski definition) is 0. The molecule has 4 aromatic heterocycles. The maximum absolute atomic E-state index is 6.36. The summed E-state index contributed by atoms with van der Waals surface area (Å²) in [7, 11) is 0. The Morgan fingerprint density at radius 3 is 1.92 bits per heavy atom. The van der Waals surface area contributed by atoms with E-state index in [1.807, 2.05) is 91.3 Å². The Morgan fingerprint density at radius 2 is 1.04 bits per heavy atom. The second kappa shape index (κ2) is 10.4. The van der Waals surface area contributed by atoms with Crippen molar-refractivity contribution in [1.29, 1.82) is 0 Å². The number of aromatic nitrogens is 4. The molecule has 6 aromatic carbocycles. The highest BCUT2D eigenvalue weighted by Crippen LogP contribution is 2.40. The van der Waals surface area contributed by atoms with Crippen LogP contribution in [-0.4, -0.2) is 19.9 Å². The van der Waals surface area contributed by atoms with Gasteiger partial charge in [-0.2, -0.15) is 0 Å². The van der Waals surface area contributed by atoms with E-state index >= 15 is 0 Å². The molecule has 6 nitrogen and oxygen atoms in total. The standard InChI is InChI=1S/C42H24N4O2/c1-2-9-25(10-3-1)40-44-41(46-42(45-40)32-15-8-18-36-39(32)31-13-4-5-16-34(31)47-36)28-12-6-11-27(21-28)30-14-7-17-35-38(30)33-22-26-19-20-43-24-29(26)23-37(33)48-35/h1-24H. The number of nitrogens with zero attached hydrogens (tertiary/aromatic N) is 4. The summed E-state index contributed by atoms with van der Waals surface area (Å²) in [6.07, 6.45) is 3.69. The van der Waals surface area contributed by atoms with Crippen molar-refractivity contribution in [3.8, 4) is 45.3 Å². The molecule has 0 saturated carbocycles. The fraction of sp³-hybridized carbons (Fsp3) is 0. The van der Waals surface area contributed by atoms with Crippen molar-refractivity contribution >= 4 is 54.6 Å². The Bertz CT molecular complexity index is 2850. The quantitative estimate of drug-likeness (QED) is 0.196. The monoisotopic (exact) mass is 616 g/mol. The molecule has 0 spiro atoms. The van der Waals surface area contributed by atoms with Gasteiger partial charge in [-0.1, -0.05) is 91.0 Å². The van der Waals surface area contributed by atoms with Crippen molar-refractivity contribution in [1.82, 2.24) is 19.9 Å². The SMILES string of the molecule is c1ccc(-c2nc(-c3cccc(-c4cccc5oc6cc7cnccc7cc6c45)c3)nc(-c3cccc4oc5ccccc5c34)n2)cc1. The van der Waals surface area contributed by atoms with Gasteiger partial charge in [0.2, 0.25) is 0 Å². The lowest BCUT2D eigenvalue weighted by Crippen LogP contribution is -2.00. The Hall–Kier alpha value is -6.66. The van der Waals surface area contributed by atoms with Gasteiger partial charge in [0.1, 0.15) is 22.3 Å². The third-order valence-electron chi connectivity index (χ3n) is 9.00. The molecule has 10 aromatic rings. The van der Waals surface area contributed by atoms with Crippen LogP contribution in [0.25, 0.3) is 99.9 Å². The van der Waals surface area contributed by atoms with Crippen LogP contribution in [0.3, 0.4) is 0 Å². The van der Waals surface area contributed by atoms with Crippen molar-refractivity contribution in [2.24, 2.45) is 0 Å². The molecule has 0 fully saturated rings. The molecule has 10 rings (SSSR count). The Balaban J connectivity index is 1.18. The second-order valence-corrected chi connectivity index (χ2v) is 11.9. The van der Waals surface area contributed by atoms with Crippen LogP contribution in [0, 0.1) is 0 Å². The molecular formula is C42H24N4O2. The van der Waals surface area contributed by atoms with Crippen molar-refractivity contribution in [3.63, 3.8) is 0 Å². The summed E-state index contributed by atoms with van der Waals surface area (Å²) in [6, 6.07) is 45.0. The average molecular weight is 617 g/mol. The number of furan rings is 2. The van der Waals surface area contributed by atoms with E-state index in [0.29, 0.717) is 17.5 Å². The highest BCUT2D eigenvalue weighted by Gasteiger charge is 2.19. The summed E-state index contributed by atoms with van der Waals surface area (Å²) in [5.41, 5.74) is 8.12. The van der Waals surface area contributed by atoms with Crippen molar-refractivity contribution < 1.29 is 8.83 Å². The molecule has 0 N–H and O–H groups in total. The number of hydrogen-bond acceptors (Lipinski definition) is 6. The molecule has 0 aliphatic heterocycles. The van der Waals surface area contributed by atoms with Crippen LogP contribution < -0.4 is 0 Å². The molecule has 0 aliphatic carbocycles. The van der Waals surface area contributed by atoms with E-state index in [4.69, 9.17) is 23.8 Å². The highest BCUT2D eigenvalue weighted by atomic mass is 16.3. The summed E-state index contributed by atoms with van der Waals surface area (Å²) in [4.78, 5) is 19.5. The van der Waals surface area contributed by atoms with Crippen molar-refractivity contribution in [3.05, 3.63) is 146 Å². The minimum absolute atomic E-state index is 0.589. The van der Waals surface area contributed by atoms with Gasteiger partial charge in [0.25, 0.3) is 0 Å². The molecule has 0 radical (unpaired) electrons. The third kappa shape index (κ3) is 4.20. The van der Waals surface area contributed by atoms with Crippen LogP contribution in [0.2, 0.25) is 0 Å². The van der Waals surface area contributed by atoms with Crippen LogP contribution in [0.15, 0.2) is 155 Å². The number of pyridine rings is 1. The first-order valence-electron chi connectivity index (χ1n) is 15.8. The number of para-hydroxylation sites is 1. The molecule has 0 atom stereocenters. The average Bonchev–Trinajstić information content (AvgIpc) is 3.72. The Kier molecular flexibility index (Phi) is 5.77. The number of fused-ring (bicyclic) bond motifs is 7. The summed E-state index contributed by atoms with van der Waals surface area (Å²) in [5, 5.41) is 6.32. The van der Waals surface area contributed by atoms with Crippen LogP contribution in [0.1, 0.15) is 0 Å². The zero-order chi connectivity index (χ0) is 31.6. The minimum atomic E-state index is 0.589. The summed E-state index contributed by atoms with van der Waals surface area (Å²) >= 11 is 0. The second-order valence-electron chi connectivity index (χ2n) is 11.9. The normalized spacial score (nSPS) is 11.8. The zero-order valence-electron chi connectivity index (χ0n) is 25.5. The first-order valence-corrected chi connectivity index (χ1v) is 15.8. The Labute approximate surface area is 274 Å². The van der Waals surface area contributed by atoms with E-state index in [2.05, 4.69) is 59.6 Å². The van der Waals surface area contributed by atoms with E-state index in [1.165, 1.54) is 0 Å². The van der Waals surface area contributed by atoms with Gasteiger partial charge >= 0.3 is 0 Å². The van der Waals surface area contributed by atoms with Gasteiger partial charge in [0, 0.05) is 56.0 Å². The first-order chi connectivity index (χ1) is 23.8. The lowest BCUT2D eigenvalue weighted by molar-refractivity contribution is 0.669. The van der Waals surface area contributed by atoms with Gasteiger partial charge in [0.15, 0.2) is 17.5 Å². The molecule has 48 heavy (non-hydrogen) atoms. The number of rotatable bonds is 4. The maximum atomic E-state index is 6.36. The fourth-order valence-electron chi connectivity index (χ4n) is 6.78. The third-order valence-corrected chi connectivity index (χ3v) is 9.00. The first kappa shape index (κ1) is 26.5. The van der Waals surface area contributed by atoms with Crippen molar-refractivity contribution in [2.75, 3.05) is 0 Å². The van der Waals surface area contributed by atoms with Crippen LogP contribution in [-0.2, 0) is 0 Å². The molecule has 0 bridgehead atoms. The maximum Gasteiger partial charge on any atom is 0.164 e. The largest absolute Gasteiger partial charge is 0.456 e. The van der Waals surface area contributed by atoms with E-state index in [-0.39, 0.29) is 0 Å². The summed E-state index contributed by atoms with van der Waals surface area (Å²) < 4.78 is 12.6. The molecule has 0 unspecified atom stereocenters. The predicted octanol–water partition coefficient (Wildman–Crippen LogP) is 10.9. The fourth-order valence-corrected chi connectivity index (χ4v) is 6.78. The molecule has 0 saturated heterocycles. The lowest BCUT2D eigenvalue weighted by atomic mass is 9.97. The van der Waals surface area contributed by atoms with Gasteiger partial charge in [-0.05, 0) is 59.0 Å². The molecule has 0 aliphatic rings. The smallest absolute Gasteiger partial charge is 0.164 e. The van der Waals surface area contributed by atoms with Gasteiger partial charge in [0.05, 0.1) is 0 Å². The van der Waals surface area contributed by atoms with Crippen molar-refractivity contribution in [2.45, 2.75) is 0 Å². The minimum Gasteiger partial charge on any atom is -0.456 e. The molecule has 0 amide bonds. The van der Waals surface area contributed by atoms with E-state index in [9.17, 15) is 0 Å². The van der Waals surface area contributed by atoms with E-state index in [0.717, 1.165) is 82.5 Å². The molecule has 6 heteroatoms. The summed E-state index contributed by atoms with van der Waals surface area (Å²) in [5.74, 6) is 1.79. The van der Waals surface area contributed by atoms with Crippen LogP contribution in [0.5, 0.6) is 0 Å². The summed E-state index contributed by atoms with van der Waals surface area (Å²) in [6.45, 7) is 0.